The van der Waals surface area contributed by atoms with Crippen LogP contribution in [0.2, 0.25) is 0 Å². The Labute approximate surface area is 219 Å². The van der Waals surface area contributed by atoms with E-state index in [0.717, 1.165) is 22.6 Å². The van der Waals surface area contributed by atoms with Gasteiger partial charge in [-0.25, -0.2) is 0 Å². The number of amides is 2. The third kappa shape index (κ3) is 9.46. The molecule has 2 aromatic rings. The van der Waals surface area contributed by atoms with E-state index in [-0.39, 0.29) is 41.9 Å². The maximum absolute atomic E-state index is 11.9. The molecule has 0 saturated carbocycles. The standard InChI is InChI=1S/C24H35N5O7S/c1-16-15-18(29(5-9-34-11-7-30)6-10-35-13-14-36-12-8-31)3-4-19(16)27-28-24-20(22(25)32)17(2)21(37-24)23(26)33/h3-4,15,30-31H,5-14H2,1-2H3,(H2,25,32)(H2,26,33). The fourth-order valence-electron chi connectivity index (χ4n) is 3.41. The van der Waals surface area contributed by atoms with E-state index >= 15 is 0 Å². The van der Waals surface area contributed by atoms with Gasteiger partial charge in [0.15, 0.2) is 5.00 Å². The minimum atomic E-state index is -0.705. The minimum absolute atomic E-state index is 0.0236. The van der Waals surface area contributed by atoms with Crippen molar-refractivity contribution in [2.45, 2.75) is 13.8 Å². The highest BCUT2D eigenvalue weighted by atomic mass is 32.1. The molecule has 0 saturated heterocycles. The van der Waals surface area contributed by atoms with E-state index in [1.807, 2.05) is 19.1 Å². The summed E-state index contributed by atoms with van der Waals surface area (Å²) in [7, 11) is 0. The molecule has 0 aliphatic carbocycles. The topological polar surface area (TPSA) is 182 Å². The summed E-state index contributed by atoms with van der Waals surface area (Å²) < 4.78 is 16.2. The fourth-order valence-corrected chi connectivity index (χ4v) is 4.40. The number of thiophene rings is 1. The van der Waals surface area contributed by atoms with Crippen molar-refractivity contribution in [1.29, 1.82) is 0 Å². The molecule has 0 atom stereocenters. The predicted octanol–water partition coefficient (Wildman–Crippen LogP) is 1.82. The van der Waals surface area contributed by atoms with E-state index in [9.17, 15) is 9.59 Å². The number of aliphatic hydroxyl groups is 2. The lowest BCUT2D eigenvalue weighted by Crippen LogP contribution is -2.31. The van der Waals surface area contributed by atoms with Crippen molar-refractivity contribution in [3.05, 3.63) is 39.8 Å². The van der Waals surface area contributed by atoms with Crippen molar-refractivity contribution < 1.29 is 34.0 Å². The van der Waals surface area contributed by atoms with Crippen LogP contribution in [-0.2, 0) is 14.2 Å². The molecule has 1 heterocycles. The van der Waals surface area contributed by atoms with Crippen LogP contribution >= 0.6 is 11.3 Å². The highest BCUT2D eigenvalue weighted by Crippen LogP contribution is 2.36. The number of hydrogen-bond donors (Lipinski definition) is 4. The van der Waals surface area contributed by atoms with Crippen LogP contribution in [0.5, 0.6) is 0 Å². The smallest absolute Gasteiger partial charge is 0.259 e. The first kappa shape index (κ1) is 30.3. The number of aryl methyl sites for hydroxylation is 1. The number of benzene rings is 1. The normalized spacial score (nSPS) is 11.4. The molecule has 37 heavy (non-hydrogen) atoms. The number of ether oxygens (including phenoxy) is 3. The summed E-state index contributed by atoms with van der Waals surface area (Å²) in [6.45, 7) is 6.84. The zero-order chi connectivity index (χ0) is 27.2. The summed E-state index contributed by atoms with van der Waals surface area (Å²) in [5.41, 5.74) is 13.7. The van der Waals surface area contributed by atoms with Crippen LogP contribution in [0.3, 0.4) is 0 Å². The SMILES string of the molecule is Cc1cc(N(CCOCCO)CCOCCOCCO)ccc1N=Nc1sc(C(N)=O)c(C)c1C(N)=O. The van der Waals surface area contributed by atoms with E-state index < -0.39 is 11.8 Å². The van der Waals surface area contributed by atoms with Gasteiger partial charge in [-0.2, -0.15) is 0 Å². The first-order valence-electron chi connectivity index (χ1n) is 11.7. The highest BCUT2D eigenvalue weighted by molar-refractivity contribution is 7.18. The molecule has 2 rings (SSSR count). The quantitative estimate of drug-likeness (QED) is 0.164. The van der Waals surface area contributed by atoms with Crippen LogP contribution in [0.25, 0.3) is 0 Å². The first-order chi connectivity index (χ1) is 17.8. The number of anilines is 1. The van der Waals surface area contributed by atoms with Crippen molar-refractivity contribution in [1.82, 2.24) is 0 Å². The van der Waals surface area contributed by atoms with Gasteiger partial charge in [0.25, 0.3) is 11.8 Å². The number of azo groups is 1. The maximum Gasteiger partial charge on any atom is 0.259 e. The molecule has 1 aromatic carbocycles. The van der Waals surface area contributed by atoms with Crippen LogP contribution in [-0.4, -0.2) is 88.0 Å². The third-order valence-corrected chi connectivity index (χ3v) is 6.44. The van der Waals surface area contributed by atoms with Gasteiger partial charge in [-0.05, 0) is 43.2 Å². The van der Waals surface area contributed by atoms with Crippen LogP contribution in [0.4, 0.5) is 16.4 Å². The Morgan fingerprint density at radius 3 is 2.03 bits per heavy atom. The molecule has 13 heteroatoms. The van der Waals surface area contributed by atoms with Gasteiger partial charge in [-0.3, -0.25) is 9.59 Å². The number of aliphatic hydroxyl groups excluding tert-OH is 2. The molecule has 12 nitrogen and oxygen atoms in total. The predicted molar refractivity (Wildman–Crippen MR) is 140 cm³/mol. The molecule has 1 aromatic heterocycles. The maximum atomic E-state index is 11.9. The number of carbonyl (C=O) groups excluding carboxylic acids is 2. The van der Waals surface area contributed by atoms with Crippen molar-refractivity contribution in [3.8, 4) is 0 Å². The van der Waals surface area contributed by atoms with Crippen molar-refractivity contribution in [2.24, 2.45) is 21.7 Å². The van der Waals surface area contributed by atoms with Crippen LogP contribution < -0.4 is 16.4 Å². The lowest BCUT2D eigenvalue weighted by atomic mass is 10.1. The lowest BCUT2D eigenvalue weighted by Gasteiger charge is -2.25. The Bertz CT molecular complexity index is 1060. The summed E-state index contributed by atoms with van der Waals surface area (Å²) in [6, 6.07) is 5.65. The first-order valence-corrected chi connectivity index (χ1v) is 12.6. The number of rotatable bonds is 18. The third-order valence-electron chi connectivity index (χ3n) is 5.25. The van der Waals surface area contributed by atoms with Crippen LogP contribution in [0.15, 0.2) is 28.4 Å². The fraction of sp³-hybridized carbons (Fsp3) is 0.500. The zero-order valence-corrected chi connectivity index (χ0v) is 22.0. The van der Waals surface area contributed by atoms with E-state index in [4.69, 9.17) is 35.9 Å². The molecule has 0 aliphatic rings. The van der Waals surface area contributed by atoms with Crippen molar-refractivity contribution in [3.63, 3.8) is 0 Å². The van der Waals surface area contributed by atoms with Gasteiger partial charge >= 0.3 is 0 Å². The molecule has 0 bridgehead atoms. The molecule has 6 N–H and O–H groups in total. The average molecular weight is 538 g/mol. The Morgan fingerprint density at radius 1 is 0.892 bits per heavy atom. The molecular weight excluding hydrogens is 502 g/mol. The zero-order valence-electron chi connectivity index (χ0n) is 21.1. The van der Waals surface area contributed by atoms with E-state index in [1.165, 1.54) is 0 Å². The summed E-state index contributed by atoms with van der Waals surface area (Å²) in [4.78, 5) is 25.9. The summed E-state index contributed by atoms with van der Waals surface area (Å²) in [6.07, 6.45) is 0. The van der Waals surface area contributed by atoms with Crippen LogP contribution in [0.1, 0.15) is 31.2 Å². The Balaban J connectivity index is 2.14. The van der Waals surface area contributed by atoms with Gasteiger partial charge in [0.1, 0.15) is 0 Å². The van der Waals surface area contributed by atoms with E-state index in [2.05, 4.69) is 15.1 Å². The Kier molecular flexibility index (Phi) is 13.1. The average Bonchev–Trinajstić information content (AvgIpc) is 3.20. The largest absolute Gasteiger partial charge is 0.394 e. The number of nitrogens with two attached hydrogens (primary N) is 2. The number of nitrogens with zero attached hydrogens (tertiary/aromatic N) is 3. The molecule has 0 spiro atoms. The molecule has 204 valence electrons. The summed E-state index contributed by atoms with van der Waals surface area (Å²) in [5, 5.41) is 26.4. The summed E-state index contributed by atoms with van der Waals surface area (Å²) >= 11 is 0.975. The van der Waals surface area contributed by atoms with Gasteiger partial charge in [0, 0.05) is 18.8 Å². The Hall–Kier alpha value is -2.94. The van der Waals surface area contributed by atoms with E-state index in [0.29, 0.717) is 50.8 Å². The lowest BCUT2D eigenvalue weighted by molar-refractivity contribution is 0.0347. The monoisotopic (exact) mass is 537 g/mol. The summed E-state index contributed by atoms with van der Waals surface area (Å²) in [5.74, 6) is -1.36. The van der Waals surface area contributed by atoms with Gasteiger partial charge in [-0.1, -0.05) is 0 Å². The second kappa shape index (κ2) is 16.0. The van der Waals surface area contributed by atoms with Crippen molar-refractivity contribution in [2.75, 3.05) is 70.8 Å². The van der Waals surface area contributed by atoms with Gasteiger partial charge < -0.3 is 40.8 Å². The van der Waals surface area contributed by atoms with Gasteiger partial charge in [0.05, 0.1) is 69.0 Å². The number of carbonyl (C=O) groups is 2. The van der Waals surface area contributed by atoms with Gasteiger partial charge in [0.2, 0.25) is 0 Å². The molecular formula is C24H35N5O7S. The minimum Gasteiger partial charge on any atom is -0.394 e. The second-order valence-electron chi connectivity index (χ2n) is 7.91. The van der Waals surface area contributed by atoms with Crippen molar-refractivity contribution >= 4 is 39.5 Å². The molecule has 2 amide bonds. The van der Waals surface area contributed by atoms with Gasteiger partial charge in [-0.15, -0.1) is 21.6 Å². The number of primary amides is 2. The molecule has 0 aliphatic heterocycles. The molecule has 0 unspecified atom stereocenters. The molecule has 0 radical (unpaired) electrons. The highest BCUT2D eigenvalue weighted by Gasteiger charge is 2.22. The molecule has 0 fully saturated rings. The van der Waals surface area contributed by atoms with E-state index in [1.54, 1.807) is 13.0 Å². The Morgan fingerprint density at radius 2 is 1.49 bits per heavy atom. The number of hydrogen-bond acceptors (Lipinski definition) is 11. The second-order valence-corrected chi connectivity index (χ2v) is 8.91. The van der Waals surface area contributed by atoms with Crippen LogP contribution in [0, 0.1) is 13.8 Å².